The van der Waals surface area contributed by atoms with Crippen LogP contribution in [0.15, 0.2) is 17.0 Å². The van der Waals surface area contributed by atoms with Gasteiger partial charge in [0.15, 0.2) is 0 Å². The zero-order valence-electron chi connectivity index (χ0n) is 12.4. The second-order valence-electron chi connectivity index (χ2n) is 5.39. The molecule has 0 atom stereocenters. The highest BCUT2D eigenvalue weighted by Gasteiger charge is 2.17. The number of hydrogen-bond acceptors (Lipinski definition) is 4. The molecule has 1 aromatic carbocycles. The number of thiocyanates is 1. The molecule has 0 radical (unpaired) electrons. The standard InChI is InChI=1S/C16H20N2OS2/c1-11-7-14(21-10-17)8-12(2)16(11)18-15(19)9-20-13-5-3-4-6-13/h7-8,13H,3-6,9H2,1-2H3,(H,18,19). The number of aryl methyl sites for hydroxylation is 2. The lowest BCUT2D eigenvalue weighted by Gasteiger charge is -2.14. The Morgan fingerprint density at radius 2 is 1.95 bits per heavy atom. The van der Waals surface area contributed by atoms with E-state index in [1.165, 1.54) is 25.7 Å². The van der Waals surface area contributed by atoms with Crippen molar-refractivity contribution in [3.8, 4) is 5.40 Å². The molecular weight excluding hydrogens is 300 g/mol. The van der Waals surface area contributed by atoms with Crippen LogP contribution in [0.25, 0.3) is 0 Å². The van der Waals surface area contributed by atoms with Crippen molar-refractivity contribution in [3.63, 3.8) is 0 Å². The van der Waals surface area contributed by atoms with Gasteiger partial charge in [-0.15, -0.1) is 11.8 Å². The third-order valence-corrected chi connectivity index (χ3v) is 5.62. The molecule has 1 aliphatic rings. The lowest BCUT2D eigenvalue weighted by molar-refractivity contribution is -0.113. The summed E-state index contributed by atoms with van der Waals surface area (Å²) in [5.41, 5.74) is 2.90. The number of hydrogen-bond donors (Lipinski definition) is 1. The van der Waals surface area contributed by atoms with Gasteiger partial charge in [-0.2, -0.15) is 5.26 Å². The van der Waals surface area contributed by atoms with Crippen LogP contribution in [-0.4, -0.2) is 16.9 Å². The van der Waals surface area contributed by atoms with Gasteiger partial charge in [0.2, 0.25) is 5.91 Å². The van der Waals surface area contributed by atoms with Gasteiger partial charge in [0, 0.05) is 15.8 Å². The Morgan fingerprint density at radius 1 is 1.33 bits per heavy atom. The van der Waals surface area contributed by atoms with Crippen LogP contribution in [0.4, 0.5) is 5.69 Å². The van der Waals surface area contributed by atoms with E-state index in [0.717, 1.165) is 33.5 Å². The predicted molar refractivity (Wildman–Crippen MR) is 90.7 cm³/mol. The number of benzene rings is 1. The van der Waals surface area contributed by atoms with Crippen LogP contribution in [0.2, 0.25) is 0 Å². The second-order valence-corrected chi connectivity index (χ2v) is 7.54. The largest absolute Gasteiger partial charge is 0.325 e. The van der Waals surface area contributed by atoms with E-state index in [0.29, 0.717) is 11.0 Å². The molecule has 0 bridgehead atoms. The molecule has 21 heavy (non-hydrogen) atoms. The number of nitriles is 1. The highest BCUT2D eigenvalue weighted by Crippen LogP contribution is 2.30. The molecule has 1 N–H and O–H groups in total. The van der Waals surface area contributed by atoms with Crippen LogP contribution in [0.1, 0.15) is 36.8 Å². The monoisotopic (exact) mass is 320 g/mol. The lowest BCUT2D eigenvalue weighted by Crippen LogP contribution is -2.17. The van der Waals surface area contributed by atoms with Gasteiger partial charge in [-0.1, -0.05) is 12.8 Å². The van der Waals surface area contributed by atoms with E-state index >= 15 is 0 Å². The van der Waals surface area contributed by atoms with Crippen LogP contribution < -0.4 is 5.32 Å². The van der Waals surface area contributed by atoms with Crippen molar-refractivity contribution in [3.05, 3.63) is 23.3 Å². The van der Waals surface area contributed by atoms with Gasteiger partial charge in [-0.3, -0.25) is 4.79 Å². The first-order valence-electron chi connectivity index (χ1n) is 7.19. The number of carbonyl (C=O) groups excluding carboxylic acids is 1. The molecule has 0 aliphatic heterocycles. The number of carbonyl (C=O) groups is 1. The van der Waals surface area contributed by atoms with Gasteiger partial charge < -0.3 is 5.32 Å². The van der Waals surface area contributed by atoms with Crippen LogP contribution in [0.3, 0.4) is 0 Å². The van der Waals surface area contributed by atoms with Crippen molar-refractivity contribution < 1.29 is 4.79 Å². The molecule has 1 aromatic rings. The maximum atomic E-state index is 12.1. The van der Waals surface area contributed by atoms with Crippen molar-refractivity contribution in [2.24, 2.45) is 0 Å². The highest BCUT2D eigenvalue weighted by molar-refractivity contribution is 8.03. The maximum Gasteiger partial charge on any atom is 0.234 e. The van der Waals surface area contributed by atoms with Gasteiger partial charge in [-0.05, 0) is 61.7 Å². The van der Waals surface area contributed by atoms with E-state index in [-0.39, 0.29) is 5.91 Å². The molecule has 1 saturated carbocycles. The topological polar surface area (TPSA) is 52.9 Å². The van der Waals surface area contributed by atoms with Gasteiger partial charge in [0.1, 0.15) is 5.40 Å². The smallest absolute Gasteiger partial charge is 0.234 e. The Morgan fingerprint density at radius 3 is 2.52 bits per heavy atom. The van der Waals surface area contributed by atoms with Gasteiger partial charge >= 0.3 is 0 Å². The van der Waals surface area contributed by atoms with Gasteiger partial charge in [-0.25, -0.2) is 0 Å². The molecule has 0 heterocycles. The molecule has 1 aliphatic carbocycles. The summed E-state index contributed by atoms with van der Waals surface area (Å²) in [4.78, 5) is 13.0. The summed E-state index contributed by atoms with van der Waals surface area (Å²) in [6.07, 6.45) is 5.09. The molecular formula is C16H20N2OS2. The fraction of sp³-hybridized carbons (Fsp3) is 0.500. The molecule has 3 nitrogen and oxygen atoms in total. The number of nitrogens with zero attached hydrogens (tertiary/aromatic N) is 1. The highest BCUT2D eigenvalue weighted by atomic mass is 32.2. The first-order valence-corrected chi connectivity index (χ1v) is 9.05. The Kier molecular flexibility index (Phi) is 6.01. The number of anilines is 1. The minimum atomic E-state index is 0.0683. The third kappa shape index (κ3) is 4.69. The zero-order valence-corrected chi connectivity index (χ0v) is 14.1. The Balaban J connectivity index is 1.95. The van der Waals surface area contributed by atoms with E-state index in [2.05, 4.69) is 10.7 Å². The van der Waals surface area contributed by atoms with E-state index in [1.807, 2.05) is 26.0 Å². The van der Waals surface area contributed by atoms with E-state index in [1.54, 1.807) is 11.8 Å². The molecule has 2 rings (SSSR count). The predicted octanol–water partition coefficient (Wildman–Crippen LogP) is 4.49. The van der Waals surface area contributed by atoms with Gasteiger partial charge in [0.25, 0.3) is 0 Å². The van der Waals surface area contributed by atoms with Crippen LogP contribution in [0.5, 0.6) is 0 Å². The van der Waals surface area contributed by atoms with Crippen molar-refractivity contribution in [1.82, 2.24) is 0 Å². The third-order valence-electron chi connectivity index (χ3n) is 3.69. The molecule has 112 valence electrons. The number of nitrogens with one attached hydrogen (secondary N) is 1. The SMILES string of the molecule is Cc1cc(SC#N)cc(C)c1NC(=O)CSC1CCCC1. The zero-order chi connectivity index (χ0) is 15.2. The van der Waals surface area contributed by atoms with Gasteiger partial charge in [0.05, 0.1) is 5.75 Å². The summed E-state index contributed by atoms with van der Waals surface area (Å²) in [6.45, 7) is 3.93. The average molecular weight is 320 g/mol. The number of amides is 1. The summed E-state index contributed by atoms with van der Waals surface area (Å²) < 4.78 is 0. The first-order chi connectivity index (χ1) is 10.1. The lowest BCUT2D eigenvalue weighted by atomic mass is 10.1. The number of thioether (sulfide) groups is 2. The van der Waals surface area contributed by atoms with E-state index < -0.39 is 0 Å². The maximum absolute atomic E-state index is 12.1. The number of rotatable bonds is 5. The van der Waals surface area contributed by atoms with Crippen molar-refractivity contribution in [1.29, 1.82) is 5.26 Å². The average Bonchev–Trinajstić information content (AvgIpc) is 2.94. The van der Waals surface area contributed by atoms with Crippen molar-refractivity contribution in [2.45, 2.75) is 49.7 Å². The fourth-order valence-electron chi connectivity index (χ4n) is 2.66. The van der Waals surface area contributed by atoms with Crippen molar-refractivity contribution in [2.75, 3.05) is 11.1 Å². The summed E-state index contributed by atoms with van der Waals surface area (Å²) in [6, 6.07) is 3.89. The van der Waals surface area contributed by atoms with Crippen LogP contribution in [0, 0.1) is 24.5 Å². The normalized spacial score (nSPS) is 14.9. The molecule has 1 fully saturated rings. The summed E-state index contributed by atoms with van der Waals surface area (Å²) in [5.74, 6) is 0.594. The quantitative estimate of drug-likeness (QED) is 0.641. The molecule has 0 unspecified atom stereocenters. The molecule has 0 aromatic heterocycles. The molecule has 1 amide bonds. The summed E-state index contributed by atoms with van der Waals surface area (Å²) >= 11 is 2.92. The fourth-order valence-corrected chi connectivity index (χ4v) is 4.36. The van der Waals surface area contributed by atoms with E-state index in [4.69, 9.17) is 5.26 Å². The molecule has 5 heteroatoms. The Labute approximate surface area is 134 Å². The Hall–Kier alpha value is -1.12. The van der Waals surface area contributed by atoms with Crippen LogP contribution >= 0.6 is 23.5 Å². The molecule has 0 saturated heterocycles. The molecule has 0 spiro atoms. The second kappa shape index (κ2) is 7.77. The Bertz CT molecular complexity index is 537. The van der Waals surface area contributed by atoms with E-state index in [9.17, 15) is 4.79 Å². The summed E-state index contributed by atoms with van der Waals surface area (Å²) in [5, 5.41) is 14.5. The first kappa shape index (κ1) is 16.3. The minimum Gasteiger partial charge on any atom is -0.325 e. The van der Waals surface area contributed by atoms with Crippen molar-refractivity contribution >= 4 is 35.1 Å². The summed E-state index contributed by atoms with van der Waals surface area (Å²) in [7, 11) is 0. The van der Waals surface area contributed by atoms with Crippen LogP contribution in [-0.2, 0) is 4.79 Å². The minimum absolute atomic E-state index is 0.0683.